The Balaban J connectivity index is 1.53. The minimum atomic E-state index is -1.15. The molecule has 25 heavy (non-hydrogen) atoms. The zero-order valence-corrected chi connectivity index (χ0v) is 13.5. The van der Waals surface area contributed by atoms with Crippen molar-refractivity contribution in [3.05, 3.63) is 30.0 Å². The summed E-state index contributed by atoms with van der Waals surface area (Å²) in [4.78, 5) is 36.2. The third-order valence-corrected chi connectivity index (χ3v) is 4.97. The van der Waals surface area contributed by atoms with E-state index < -0.39 is 11.4 Å². The van der Waals surface area contributed by atoms with Crippen LogP contribution in [0.4, 0.5) is 5.69 Å². The van der Waals surface area contributed by atoms with E-state index in [9.17, 15) is 14.4 Å². The van der Waals surface area contributed by atoms with Gasteiger partial charge in [0.1, 0.15) is 11.0 Å². The maximum Gasteiger partial charge on any atom is 0.371 e. The third kappa shape index (κ3) is 2.75. The van der Waals surface area contributed by atoms with Gasteiger partial charge in [-0.25, -0.2) is 4.79 Å². The zero-order valence-electron chi connectivity index (χ0n) is 13.5. The second-order valence-corrected chi connectivity index (χ2v) is 6.81. The summed E-state index contributed by atoms with van der Waals surface area (Å²) < 4.78 is 5.20. The van der Waals surface area contributed by atoms with Crippen LogP contribution in [0.15, 0.2) is 28.7 Å². The second-order valence-electron chi connectivity index (χ2n) is 6.81. The number of nitrogens with one attached hydrogen (secondary N) is 2. The molecular weight excluding hydrogens is 324 g/mol. The van der Waals surface area contributed by atoms with Crippen molar-refractivity contribution in [2.45, 2.75) is 38.1 Å². The first kappa shape index (κ1) is 15.7. The molecule has 4 rings (SSSR count). The zero-order chi connectivity index (χ0) is 17.6. The minimum Gasteiger partial charge on any atom is -0.475 e. The van der Waals surface area contributed by atoms with Gasteiger partial charge in [-0.1, -0.05) is 6.42 Å². The summed E-state index contributed by atoms with van der Waals surface area (Å²) in [7, 11) is 0. The smallest absolute Gasteiger partial charge is 0.371 e. The summed E-state index contributed by atoms with van der Waals surface area (Å²) in [5.74, 6) is -1.79. The first-order chi connectivity index (χ1) is 12.0. The number of furan rings is 1. The first-order valence-electron chi connectivity index (χ1n) is 8.37. The molecule has 1 aromatic heterocycles. The van der Waals surface area contributed by atoms with Crippen molar-refractivity contribution < 1.29 is 23.9 Å². The molecule has 1 aromatic carbocycles. The number of carbonyl (C=O) groups is 3. The molecule has 2 amide bonds. The lowest BCUT2D eigenvalue weighted by molar-refractivity contribution is -0.146. The number of hydrogen-bond acceptors (Lipinski definition) is 4. The van der Waals surface area contributed by atoms with Gasteiger partial charge >= 0.3 is 5.97 Å². The number of carboxylic acids is 1. The molecule has 2 aromatic rings. The Morgan fingerprint density at radius 1 is 1.12 bits per heavy atom. The Labute approximate surface area is 143 Å². The van der Waals surface area contributed by atoms with Crippen LogP contribution in [0.3, 0.4) is 0 Å². The van der Waals surface area contributed by atoms with Crippen molar-refractivity contribution >= 4 is 34.4 Å². The quantitative estimate of drug-likeness (QED) is 0.724. The predicted molar refractivity (Wildman–Crippen MR) is 89.3 cm³/mol. The van der Waals surface area contributed by atoms with Crippen LogP contribution >= 0.6 is 0 Å². The average Bonchev–Trinajstić information content (AvgIpc) is 3.21. The van der Waals surface area contributed by atoms with E-state index in [1.165, 1.54) is 6.07 Å². The molecule has 2 saturated carbocycles. The van der Waals surface area contributed by atoms with Gasteiger partial charge in [-0.2, -0.15) is 0 Å². The van der Waals surface area contributed by atoms with E-state index in [0.717, 1.165) is 19.3 Å². The lowest BCUT2D eigenvalue weighted by Crippen LogP contribution is -2.53. The molecule has 3 N–H and O–H groups in total. The Morgan fingerprint density at radius 2 is 1.88 bits per heavy atom. The van der Waals surface area contributed by atoms with E-state index in [4.69, 9.17) is 9.52 Å². The lowest BCUT2D eigenvalue weighted by Gasteiger charge is -2.38. The molecule has 0 radical (unpaired) electrons. The highest BCUT2D eigenvalue weighted by atomic mass is 16.4. The van der Waals surface area contributed by atoms with E-state index in [1.807, 2.05) is 0 Å². The Bertz CT molecular complexity index is 877. The molecule has 0 bridgehead atoms. The molecule has 1 heterocycles. The van der Waals surface area contributed by atoms with Gasteiger partial charge in [-0.15, -0.1) is 0 Å². The van der Waals surface area contributed by atoms with Crippen molar-refractivity contribution in [2.75, 3.05) is 5.32 Å². The number of fused-ring (bicyclic) bond motifs is 1. The van der Waals surface area contributed by atoms with E-state index in [1.54, 1.807) is 18.2 Å². The van der Waals surface area contributed by atoms with Gasteiger partial charge in [0, 0.05) is 17.1 Å². The normalized spacial score (nSPS) is 18.4. The fourth-order valence-electron chi connectivity index (χ4n) is 3.12. The first-order valence-corrected chi connectivity index (χ1v) is 8.37. The average molecular weight is 342 g/mol. The Hall–Kier alpha value is -2.83. The van der Waals surface area contributed by atoms with Gasteiger partial charge in [0.05, 0.1) is 0 Å². The standard InChI is InChI=1S/C18H18N2O5/c21-15(22)14-9-10-8-12(4-5-13(10)25-14)20-17(24)18(6-1-7-18)16(23)19-11-2-3-11/h4-5,8-9,11H,1-3,6-7H2,(H,19,23)(H,20,24)(H,21,22). The molecule has 2 aliphatic rings. The largest absolute Gasteiger partial charge is 0.475 e. The SMILES string of the molecule is O=C(O)c1cc2cc(NC(=O)C3(C(=O)NC4CC4)CCC3)ccc2o1. The molecule has 2 aliphatic carbocycles. The summed E-state index contributed by atoms with van der Waals surface area (Å²) in [6, 6.07) is 6.52. The van der Waals surface area contributed by atoms with Crippen LogP contribution in [0.5, 0.6) is 0 Å². The number of amides is 2. The topological polar surface area (TPSA) is 109 Å². The fourth-order valence-corrected chi connectivity index (χ4v) is 3.12. The van der Waals surface area contributed by atoms with E-state index >= 15 is 0 Å². The molecule has 0 spiro atoms. The fraction of sp³-hybridized carbons (Fsp3) is 0.389. The summed E-state index contributed by atoms with van der Waals surface area (Å²) in [6.07, 6.45) is 3.91. The van der Waals surface area contributed by atoms with E-state index in [0.29, 0.717) is 29.5 Å². The molecule has 2 fully saturated rings. The molecule has 7 heteroatoms. The van der Waals surface area contributed by atoms with Crippen LogP contribution in [0.2, 0.25) is 0 Å². The van der Waals surface area contributed by atoms with Crippen molar-refractivity contribution in [3.63, 3.8) is 0 Å². The molecule has 0 atom stereocenters. The summed E-state index contributed by atoms with van der Waals surface area (Å²) >= 11 is 0. The summed E-state index contributed by atoms with van der Waals surface area (Å²) in [6.45, 7) is 0. The van der Waals surface area contributed by atoms with Crippen molar-refractivity contribution in [1.82, 2.24) is 5.32 Å². The predicted octanol–water partition coefficient (Wildman–Crippen LogP) is 2.52. The lowest BCUT2D eigenvalue weighted by atomic mass is 9.67. The second kappa shape index (κ2) is 5.61. The third-order valence-electron chi connectivity index (χ3n) is 4.97. The highest BCUT2D eigenvalue weighted by Gasteiger charge is 2.51. The maximum absolute atomic E-state index is 12.7. The number of hydrogen-bond donors (Lipinski definition) is 3. The van der Waals surface area contributed by atoms with Crippen molar-refractivity contribution in [2.24, 2.45) is 5.41 Å². The Morgan fingerprint density at radius 3 is 2.48 bits per heavy atom. The molecule has 0 aliphatic heterocycles. The van der Waals surface area contributed by atoms with Gasteiger partial charge in [0.15, 0.2) is 0 Å². The number of aromatic carboxylic acids is 1. The van der Waals surface area contributed by atoms with Crippen LogP contribution in [-0.2, 0) is 9.59 Å². The molecule has 7 nitrogen and oxygen atoms in total. The van der Waals surface area contributed by atoms with Crippen LogP contribution in [0, 0.1) is 5.41 Å². The maximum atomic E-state index is 12.7. The van der Waals surface area contributed by atoms with Crippen molar-refractivity contribution in [3.8, 4) is 0 Å². The molecule has 0 unspecified atom stereocenters. The number of rotatable bonds is 5. The van der Waals surface area contributed by atoms with Crippen LogP contribution in [-0.4, -0.2) is 28.9 Å². The number of anilines is 1. The highest BCUT2D eigenvalue weighted by molar-refractivity contribution is 6.11. The number of carbonyl (C=O) groups excluding carboxylic acids is 2. The highest BCUT2D eigenvalue weighted by Crippen LogP contribution is 2.43. The van der Waals surface area contributed by atoms with E-state index in [2.05, 4.69) is 10.6 Å². The van der Waals surface area contributed by atoms with Crippen molar-refractivity contribution in [1.29, 1.82) is 0 Å². The summed E-state index contributed by atoms with van der Waals surface area (Å²) in [5, 5.41) is 15.3. The molecule has 130 valence electrons. The molecular formula is C18H18N2O5. The van der Waals surface area contributed by atoms with Crippen LogP contribution in [0.25, 0.3) is 11.0 Å². The Kier molecular flexibility index (Phi) is 3.52. The monoisotopic (exact) mass is 342 g/mol. The van der Waals surface area contributed by atoms with Gasteiger partial charge in [-0.05, 0) is 49.9 Å². The molecule has 0 saturated heterocycles. The van der Waals surface area contributed by atoms with Gasteiger partial charge < -0.3 is 20.2 Å². The van der Waals surface area contributed by atoms with Gasteiger partial charge in [0.25, 0.3) is 0 Å². The van der Waals surface area contributed by atoms with Crippen LogP contribution < -0.4 is 10.6 Å². The van der Waals surface area contributed by atoms with Crippen LogP contribution in [0.1, 0.15) is 42.7 Å². The minimum absolute atomic E-state index is 0.155. The number of carboxylic acid groups (broad SMARTS) is 1. The van der Waals surface area contributed by atoms with Gasteiger partial charge in [0.2, 0.25) is 17.6 Å². The number of benzene rings is 1. The van der Waals surface area contributed by atoms with Gasteiger partial charge in [-0.3, -0.25) is 9.59 Å². The summed E-state index contributed by atoms with van der Waals surface area (Å²) in [5.41, 5.74) is -0.0406. The van der Waals surface area contributed by atoms with E-state index in [-0.39, 0.29) is 23.6 Å².